The molecule has 2 heterocycles. The molecule has 1 N–H and O–H groups in total. The van der Waals surface area contributed by atoms with Gasteiger partial charge in [0.1, 0.15) is 17.3 Å². The monoisotopic (exact) mass is 507 g/mol. The Morgan fingerprint density at radius 3 is 2.36 bits per heavy atom. The Morgan fingerprint density at radius 1 is 1.08 bits per heavy atom. The van der Waals surface area contributed by atoms with Crippen LogP contribution in [0.3, 0.4) is 0 Å². The summed E-state index contributed by atoms with van der Waals surface area (Å²) in [6.07, 6.45) is 3.27. The maximum absolute atomic E-state index is 13.4. The summed E-state index contributed by atoms with van der Waals surface area (Å²) in [6.45, 7) is 0.135. The lowest BCUT2D eigenvalue weighted by molar-refractivity contribution is -0.140. The highest BCUT2D eigenvalue weighted by Gasteiger charge is 2.46. The zero-order valence-electron chi connectivity index (χ0n) is 20.4. The normalized spacial score (nSPS) is 16.8. The maximum atomic E-state index is 13.4. The summed E-state index contributed by atoms with van der Waals surface area (Å²) in [5.41, 5.74) is 2.49. The van der Waals surface area contributed by atoms with Crippen LogP contribution in [0.15, 0.2) is 66.5 Å². The number of hydrogen-bond acceptors (Lipinski definition) is 7. The molecule has 1 aliphatic rings. The third kappa shape index (κ3) is 4.59. The van der Waals surface area contributed by atoms with Crippen molar-refractivity contribution < 1.29 is 24.2 Å². The summed E-state index contributed by atoms with van der Waals surface area (Å²) in [5, 5.41) is 11.7. The number of methoxy groups -OCH3 is 2. The average molecular weight is 508 g/mol. The summed E-state index contributed by atoms with van der Waals surface area (Å²) in [4.78, 5) is 34.1. The van der Waals surface area contributed by atoms with Crippen LogP contribution in [0, 0.1) is 0 Å². The number of Topliss-reactive ketones (excluding diaryl/α,β-unsaturated/α-hetero) is 1. The van der Waals surface area contributed by atoms with Gasteiger partial charge < -0.3 is 24.4 Å². The van der Waals surface area contributed by atoms with E-state index in [-0.39, 0.29) is 34.2 Å². The second kappa shape index (κ2) is 10.3. The first-order valence-electron chi connectivity index (χ1n) is 11.1. The molecule has 8 nitrogen and oxygen atoms in total. The second-order valence-corrected chi connectivity index (χ2v) is 8.87. The van der Waals surface area contributed by atoms with Crippen molar-refractivity contribution in [3.8, 4) is 11.5 Å². The lowest BCUT2D eigenvalue weighted by Gasteiger charge is -2.26. The number of aromatic nitrogens is 1. The van der Waals surface area contributed by atoms with Gasteiger partial charge in [-0.1, -0.05) is 29.8 Å². The first-order chi connectivity index (χ1) is 17.3. The summed E-state index contributed by atoms with van der Waals surface area (Å²) in [5.74, 6) is -1.32. The number of aliphatic hydroxyl groups excluding tert-OH is 1. The minimum atomic E-state index is -0.841. The predicted molar refractivity (Wildman–Crippen MR) is 137 cm³/mol. The maximum Gasteiger partial charge on any atom is 0.295 e. The molecular weight excluding hydrogens is 482 g/mol. The minimum Gasteiger partial charge on any atom is -0.507 e. The van der Waals surface area contributed by atoms with Crippen LogP contribution in [0.5, 0.6) is 11.5 Å². The lowest BCUT2D eigenvalue weighted by Crippen LogP contribution is -2.29. The number of aliphatic hydroxyl groups is 1. The largest absolute Gasteiger partial charge is 0.507 e. The van der Waals surface area contributed by atoms with Crippen LogP contribution in [0.25, 0.3) is 5.76 Å². The number of carbonyl (C=O) groups excluding carboxylic acids is 2. The molecule has 186 valence electrons. The van der Waals surface area contributed by atoms with Crippen molar-refractivity contribution in [2.75, 3.05) is 33.2 Å². The van der Waals surface area contributed by atoms with Gasteiger partial charge in [-0.25, -0.2) is 0 Å². The summed E-state index contributed by atoms with van der Waals surface area (Å²) >= 11 is 6.32. The van der Waals surface area contributed by atoms with Gasteiger partial charge in [-0.3, -0.25) is 14.6 Å². The number of likely N-dealkylation sites (tertiary alicyclic amines) is 1. The van der Waals surface area contributed by atoms with E-state index in [0.717, 1.165) is 11.3 Å². The molecule has 1 unspecified atom stereocenters. The van der Waals surface area contributed by atoms with E-state index < -0.39 is 17.7 Å². The van der Waals surface area contributed by atoms with E-state index in [1.165, 1.54) is 31.3 Å². The van der Waals surface area contributed by atoms with Crippen LogP contribution in [0.4, 0.5) is 5.69 Å². The molecule has 1 aliphatic heterocycles. The molecule has 1 saturated heterocycles. The van der Waals surface area contributed by atoms with E-state index in [4.69, 9.17) is 21.1 Å². The van der Waals surface area contributed by atoms with Crippen molar-refractivity contribution in [3.63, 3.8) is 0 Å². The highest BCUT2D eigenvalue weighted by molar-refractivity contribution is 6.46. The van der Waals surface area contributed by atoms with Crippen LogP contribution in [-0.2, 0) is 16.1 Å². The first kappa shape index (κ1) is 25.1. The second-order valence-electron chi connectivity index (χ2n) is 8.46. The van der Waals surface area contributed by atoms with Gasteiger partial charge in [0, 0.05) is 44.8 Å². The van der Waals surface area contributed by atoms with E-state index in [0.29, 0.717) is 11.3 Å². The number of anilines is 1. The Balaban J connectivity index is 1.91. The fraction of sp³-hybridized carbons (Fsp3) is 0.222. The first-order valence-corrected chi connectivity index (χ1v) is 11.5. The molecule has 0 aliphatic carbocycles. The molecule has 1 fully saturated rings. The third-order valence-electron chi connectivity index (χ3n) is 6.07. The number of amides is 1. The number of ketones is 1. The van der Waals surface area contributed by atoms with Crippen LogP contribution < -0.4 is 14.4 Å². The Labute approximate surface area is 214 Å². The summed E-state index contributed by atoms with van der Waals surface area (Å²) in [6, 6.07) is 13.2. The zero-order chi connectivity index (χ0) is 26.0. The number of nitrogens with zero attached hydrogens (tertiary/aromatic N) is 3. The van der Waals surface area contributed by atoms with Crippen LogP contribution >= 0.6 is 11.6 Å². The molecule has 1 atom stereocenters. The summed E-state index contributed by atoms with van der Waals surface area (Å²) < 4.78 is 10.7. The van der Waals surface area contributed by atoms with Crippen molar-refractivity contribution in [3.05, 3.63) is 88.2 Å². The SMILES string of the molecule is COc1cc(OC)c(/C(O)=C2\C(=O)C(=O)N(Cc3cccnc3)C2c2ccc(N(C)C)cc2)cc1Cl. The zero-order valence-corrected chi connectivity index (χ0v) is 21.1. The Morgan fingerprint density at radius 2 is 1.78 bits per heavy atom. The number of rotatable bonds is 7. The Hall–Kier alpha value is -4.04. The number of benzene rings is 2. The van der Waals surface area contributed by atoms with E-state index in [1.807, 2.05) is 49.3 Å². The van der Waals surface area contributed by atoms with Gasteiger partial charge >= 0.3 is 0 Å². The number of halogens is 1. The van der Waals surface area contributed by atoms with Crippen LogP contribution in [0.1, 0.15) is 22.7 Å². The van der Waals surface area contributed by atoms with Crippen molar-refractivity contribution >= 4 is 34.7 Å². The van der Waals surface area contributed by atoms with E-state index in [9.17, 15) is 14.7 Å². The van der Waals surface area contributed by atoms with Crippen molar-refractivity contribution in [1.82, 2.24) is 9.88 Å². The van der Waals surface area contributed by atoms with E-state index >= 15 is 0 Å². The van der Waals surface area contributed by atoms with Crippen LogP contribution in [0.2, 0.25) is 5.02 Å². The quantitative estimate of drug-likeness (QED) is 0.287. The van der Waals surface area contributed by atoms with E-state index in [2.05, 4.69) is 4.98 Å². The molecule has 1 aromatic heterocycles. The van der Waals surface area contributed by atoms with Crippen molar-refractivity contribution in [1.29, 1.82) is 0 Å². The molecule has 36 heavy (non-hydrogen) atoms. The van der Waals surface area contributed by atoms with Gasteiger partial charge in [0.25, 0.3) is 11.7 Å². The molecule has 9 heteroatoms. The Kier molecular flexibility index (Phi) is 7.17. The minimum absolute atomic E-state index is 0.0546. The molecular formula is C27H26ClN3O5. The molecule has 3 aromatic rings. The predicted octanol–water partition coefficient (Wildman–Crippen LogP) is 4.44. The molecule has 0 spiro atoms. The van der Waals surface area contributed by atoms with Gasteiger partial charge in [-0.05, 0) is 35.4 Å². The lowest BCUT2D eigenvalue weighted by atomic mass is 9.94. The topological polar surface area (TPSA) is 92.2 Å². The third-order valence-corrected chi connectivity index (χ3v) is 6.37. The van der Waals surface area contributed by atoms with Crippen molar-refractivity contribution in [2.45, 2.75) is 12.6 Å². The highest BCUT2D eigenvalue weighted by atomic mass is 35.5. The summed E-state index contributed by atoms with van der Waals surface area (Å²) in [7, 11) is 6.73. The standard InChI is InChI=1S/C27H26ClN3O5/c1-30(2)18-9-7-17(8-10-18)24-23(25(32)19-12-20(28)22(36-4)13-21(19)35-3)26(33)27(34)31(24)15-16-6-5-11-29-14-16/h5-14,24,32H,15H2,1-4H3/b25-23+. The smallest absolute Gasteiger partial charge is 0.295 e. The molecule has 0 bridgehead atoms. The van der Waals surface area contributed by atoms with Gasteiger partial charge in [-0.2, -0.15) is 0 Å². The van der Waals surface area contributed by atoms with Crippen molar-refractivity contribution in [2.24, 2.45) is 0 Å². The van der Waals surface area contributed by atoms with Crippen LogP contribution in [-0.4, -0.2) is 55.0 Å². The Bertz CT molecular complexity index is 1320. The molecule has 0 saturated carbocycles. The molecule has 2 aromatic carbocycles. The fourth-order valence-electron chi connectivity index (χ4n) is 4.22. The van der Waals surface area contributed by atoms with Gasteiger partial charge in [0.15, 0.2) is 0 Å². The molecule has 4 rings (SSSR count). The fourth-order valence-corrected chi connectivity index (χ4v) is 4.46. The highest BCUT2D eigenvalue weighted by Crippen LogP contribution is 2.43. The number of carbonyl (C=O) groups is 2. The van der Waals surface area contributed by atoms with E-state index in [1.54, 1.807) is 18.5 Å². The van der Waals surface area contributed by atoms with Gasteiger partial charge in [0.05, 0.1) is 36.4 Å². The molecule has 1 amide bonds. The molecule has 0 radical (unpaired) electrons. The average Bonchev–Trinajstić information content (AvgIpc) is 3.13. The van der Waals surface area contributed by atoms with Gasteiger partial charge in [-0.15, -0.1) is 0 Å². The number of hydrogen-bond donors (Lipinski definition) is 1. The van der Waals surface area contributed by atoms with Gasteiger partial charge in [0.2, 0.25) is 0 Å². The number of ether oxygens (including phenoxy) is 2. The number of pyridine rings is 1.